The molecule has 0 unspecified atom stereocenters. The van der Waals surface area contributed by atoms with Crippen LogP contribution < -0.4 is 0 Å². The molecule has 0 fully saturated rings. The van der Waals surface area contributed by atoms with E-state index in [-0.39, 0.29) is 5.75 Å². The summed E-state index contributed by atoms with van der Waals surface area (Å²) in [5, 5.41) is 23.3. The largest absolute Gasteiger partial charge is 0.508 e. The van der Waals surface area contributed by atoms with E-state index >= 15 is 0 Å². The Morgan fingerprint density at radius 1 is 0.938 bits per heavy atom. The molecule has 0 aliphatic carbocycles. The summed E-state index contributed by atoms with van der Waals surface area (Å²) in [5.74, 6) is -0.674. The molecule has 0 spiro atoms. The molecule has 0 aliphatic rings. The number of pyridine rings is 2. The number of rotatable bonds is 3. The predicted octanol–water partition coefficient (Wildman–Crippen LogP) is 4.41. The number of phenols is 1. The lowest BCUT2D eigenvalue weighted by atomic mass is 10.1. The molecule has 0 saturated heterocycles. The smallest absolute Gasteiger partial charge is 0.127 e. The van der Waals surface area contributed by atoms with Crippen LogP contribution in [0.4, 0.5) is 4.39 Å². The maximum Gasteiger partial charge on any atom is 0.127 e. The lowest BCUT2D eigenvalue weighted by Crippen LogP contribution is -1.85. The van der Waals surface area contributed by atoms with Gasteiger partial charge in [-0.3, -0.25) is 19.7 Å². The molecule has 9 heteroatoms. The molecule has 6 rings (SSSR count). The molecule has 0 saturated carbocycles. The predicted molar refractivity (Wildman–Crippen MR) is 118 cm³/mol. The monoisotopic (exact) mass is 425 g/mol. The van der Waals surface area contributed by atoms with Crippen molar-refractivity contribution in [2.75, 3.05) is 0 Å². The Morgan fingerprint density at radius 3 is 2.62 bits per heavy atom. The first kappa shape index (κ1) is 18.3. The van der Waals surface area contributed by atoms with Gasteiger partial charge in [0.25, 0.3) is 0 Å². The highest BCUT2D eigenvalue weighted by atomic mass is 19.1. The van der Waals surface area contributed by atoms with Gasteiger partial charge in [0.2, 0.25) is 0 Å². The molecule has 0 bridgehead atoms. The van der Waals surface area contributed by atoms with E-state index in [9.17, 15) is 9.50 Å². The number of phenolic OH excluding ortho intramolecular Hbond substituents is 1. The topological polar surface area (TPSA) is 108 Å². The Labute approximate surface area is 180 Å². The number of halogens is 1. The van der Waals surface area contributed by atoms with E-state index < -0.39 is 5.82 Å². The van der Waals surface area contributed by atoms with Gasteiger partial charge in [0, 0.05) is 52.9 Å². The van der Waals surface area contributed by atoms with Crippen molar-refractivity contribution in [2.24, 2.45) is 7.05 Å². The second kappa shape index (κ2) is 6.74. The second-order valence-electron chi connectivity index (χ2n) is 7.59. The SMILES string of the molecule is Cn1cc(-c2cc3c(-c4cc5c(-c6cc(O)cc(F)c6)nccc5[nH]4)n[nH]c3cn2)cn1. The van der Waals surface area contributed by atoms with Gasteiger partial charge in [-0.05, 0) is 30.3 Å². The molecule has 5 heterocycles. The van der Waals surface area contributed by atoms with Gasteiger partial charge in [-0.1, -0.05) is 0 Å². The van der Waals surface area contributed by atoms with Crippen molar-refractivity contribution >= 4 is 21.8 Å². The fourth-order valence-corrected chi connectivity index (χ4v) is 3.96. The van der Waals surface area contributed by atoms with Crippen LogP contribution in [0.15, 0.2) is 61.2 Å². The lowest BCUT2D eigenvalue weighted by molar-refractivity contribution is 0.469. The average Bonchev–Trinajstić information content (AvgIpc) is 3.49. The van der Waals surface area contributed by atoms with Crippen LogP contribution in [0.1, 0.15) is 0 Å². The fraction of sp³-hybridized carbons (Fsp3) is 0.0435. The third-order valence-electron chi connectivity index (χ3n) is 5.41. The number of aromatic amines is 2. The third kappa shape index (κ3) is 2.90. The first-order valence-electron chi connectivity index (χ1n) is 9.86. The van der Waals surface area contributed by atoms with Gasteiger partial charge in [0.05, 0.1) is 35.0 Å². The third-order valence-corrected chi connectivity index (χ3v) is 5.41. The van der Waals surface area contributed by atoms with Crippen molar-refractivity contribution in [3.8, 4) is 39.7 Å². The van der Waals surface area contributed by atoms with E-state index in [4.69, 9.17) is 0 Å². The summed E-state index contributed by atoms with van der Waals surface area (Å²) in [6, 6.07) is 9.66. The molecule has 0 aliphatic heterocycles. The molecule has 156 valence electrons. The Morgan fingerprint density at radius 2 is 1.81 bits per heavy atom. The summed E-state index contributed by atoms with van der Waals surface area (Å²) in [5.41, 5.74) is 5.91. The molecule has 32 heavy (non-hydrogen) atoms. The zero-order chi connectivity index (χ0) is 21.8. The molecule has 8 nitrogen and oxygen atoms in total. The lowest BCUT2D eigenvalue weighted by Gasteiger charge is -2.03. The fourth-order valence-electron chi connectivity index (χ4n) is 3.96. The molecular weight excluding hydrogens is 409 g/mol. The molecule has 0 amide bonds. The van der Waals surface area contributed by atoms with Crippen molar-refractivity contribution in [1.29, 1.82) is 0 Å². The van der Waals surface area contributed by atoms with Crippen LogP contribution in [0, 0.1) is 5.82 Å². The number of H-pyrrole nitrogens is 2. The van der Waals surface area contributed by atoms with Crippen molar-refractivity contribution in [1.82, 2.24) is 34.9 Å². The Bertz CT molecular complexity index is 1610. The second-order valence-corrected chi connectivity index (χ2v) is 7.59. The minimum atomic E-state index is -0.525. The average molecular weight is 425 g/mol. The number of nitrogens with one attached hydrogen (secondary N) is 2. The van der Waals surface area contributed by atoms with Gasteiger partial charge in [0.1, 0.15) is 17.3 Å². The first-order valence-corrected chi connectivity index (χ1v) is 9.86. The van der Waals surface area contributed by atoms with Crippen LogP contribution in [0.5, 0.6) is 5.75 Å². The first-order chi connectivity index (χ1) is 15.5. The molecule has 3 N–H and O–H groups in total. The molecule has 6 aromatic rings. The minimum Gasteiger partial charge on any atom is -0.508 e. The van der Waals surface area contributed by atoms with Gasteiger partial charge < -0.3 is 10.1 Å². The van der Waals surface area contributed by atoms with Crippen molar-refractivity contribution in [3.63, 3.8) is 0 Å². The highest BCUT2D eigenvalue weighted by Crippen LogP contribution is 2.34. The van der Waals surface area contributed by atoms with Gasteiger partial charge in [-0.25, -0.2) is 4.39 Å². The Balaban J connectivity index is 1.51. The van der Waals surface area contributed by atoms with E-state index in [0.29, 0.717) is 11.3 Å². The molecule has 0 radical (unpaired) electrons. The molecule has 5 aromatic heterocycles. The number of nitrogens with zero attached hydrogens (tertiary/aromatic N) is 5. The van der Waals surface area contributed by atoms with Gasteiger partial charge >= 0.3 is 0 Å². The van der Waals surface area contributed by atoms with Crippen LogP contribution in [0.3, 0.4) is 0 Å². The molecular formula is C23H16FN7O. The normalized spacial score (nSPS) is 11.6. The van der Waals surface area contributed by atoms with E-state index in [0.717, 1.165) is 50.5 Å². The van der Waals surface area contributed by atoms with E-state index in [2.05, 4.69) is 30.2 Å². The Hall–Kier alpha value is -4.53. The molecule has 0 atom stereocenters. The minimum absolute atomic E-state index is 0.150. The number of hydrogen-bond acceptors (Lipinski definition) is 5. The van der Waals surface area contributed by atoms with Gasteiger partial charge in [-0.15, -0.1) is 0 Å². The summed E-state index contributed by atoms with van der Waals surface area (Å²) in [7, 11) is 1.86. The zero-order valence-electron chi connectivity index (χ0n) is 16.8. The highest BCUT2D eigenvalue weighted by Gasteiger charge is 2.16. The van der Waals surface area contributed by atoms with Crippen LogP contribution in [-0.2, 0) is 7.05 Å². The number of aryl methyl sites for hydroxylation is 1. The Kier molecular flexibility index (Phi) is 3.85. The van der Waals surface area contributed by atoms with Crippen molar-refractivity contribution in [3.05, 3.63) is 67.0 Å². The van der Waals surface area contributed by atoms with Crippen molar-refractivity contribution < 1.29 is 9.50 Å². The summed E-state index contributed by atoms with van der Waals surface area (Å²) in [6.07, 6.45) is 7.07. The summed E-state index contributed by atoms with van der Waals surface area (Å²) in [6.45, 7) is 0. The van der Waals surface area contributed by atoms with E-state index in [1.165, 1.54) is 12.1 Å². The number of aromatic hydroxyl groups is 1. The van der Waals surface area contributed by atoms with Crippen molar-refractivity contribution in [2.45, 2.75) is 0 Å². The van der Waals surface area contributed by atoms with E-state index in [1.807, 2.05) is 31.4 Å². The maximum atomic E-state index is 13.9. The highest BCUT2D eigenvalue weighted by molar-refractivity contribution is 6.00. The number of hydrogen-bond donors (Lipinski definition) is 3. The zero-order valence-corrected chi connectivity index (χ0v) is 16.8. The van der Waals surface area contributed by atoms with Crippen LogP contribution in [-0.4, -0.2) is 40.0 Å². The summed E-state index contributed by atoms with van der Waals surface area (Å²) >= 11 is 0. The van der Waals surface area contributed by atoms with E-state index in [1.54, 1.807) is 23.3 Å². The molecule has 1 aromatic carbocycles. The van der Waals surface area contributed by atoms with Crippen LogP contribution in [0.25, 0.3) is 55.7 Å². The maximum absolute atomic E-state index is 13.9. The summed E-state index contributed by atoms with van der Waals surface area (Å²) < 4.78 is 15.6. The van der Waals surface area contributed by atoms with Crippen LogP contribution >= 0.6 is 0 Å². The number of benzene rings is 1. The summed E-state index contributed by atoms with van der Waals surface area (Å²) in [4.78, 5) is 12.3. The van der Waals surface area contributed by atoms with Gasteiger partial charge in [-0.2, -0.15) is 10.2 Å². The number of fused-ring (bicyclic) bond motifs is 2. The standard InChI is InChI=1S/C23H16FN7O/c1-31-11-13(9-27-31)19-7-17-21(10-26-19)29-30-23(17)20-8-16-18(28-20)2-3-25-22(16)12-4-14(24)6-15(32)5-12/h2-11,28,32H,1H3,(H,29,30). The van der Waals surface area contributed by atoms with Crippen LogP contribution in [0.2, 0.25) is 0 Å². The van der Waals surface area contributed by atoms with Gasteiger partial charge in [0.15, 0.2) is 0 Å². The number of aromatic nitrogens is 7. The quantitative estimate of drug-likeness (QED) is 0.389.